The van der Waals surface area contributed by atoms with Gasteiger partial charge in [0.1, 0.15) is 0 Å². The van der Waals surface area contributed by atoms with Crippen molar-refractivity contribution in [3.63, 3.8) is 0 Å². The lowest BCUT2D eigenvalue weighted by molar-refractivity contribution is 0.0970. The SMILES string of the molecule is Cc1ccc(C(N)=O)c(C(=O)Nn2ccc(C)n2)c1. The Morgan fingerprint density at radius 1 is 1.21 bits per heavy atom. The lowest BCUT2D eigenvalue weighted by Gasteiger charge is -2.09. The number of nitrogens with two attached hydrogens (primary N) is 1. The number of aromatic nitrogens is 2. The zero-order chi connectivity index (χ0) is 14.0. The summed E-state index contributed by atoms with van der Waals surface area (Å²) >= 11 is 0. The first-order valence-corrected chi connectivity index (χ1v) is 5.71. The van der Waals surface area contributed by atoms with Gasteiger partial charge >= 0.3 is 0 Å². The van der Waals surface area contributed by atoms with Gasteiger partial charge in [0, 0.05) is 6.20 Å². The largest absolute Gasteiger partial charge is 0.366 e. The summed E-state index contributed by atoms with van der Waals surface area (Å²) in [5, 5.41) is 4.04. The highest BCUT2D eigenvalue weighted by Crippen LogP contribution is 2.11. The fraction of sp³-hybridized carbons (Fsp3) is 0.154. The van der Waals surface area contributed by atoms with Crippen LogP contribution in [0.4, 0.5) is 0 Å². The Balaban J connectivity index is 2.32. The maximum atomic E-state index is 12.1. The maximum Gasteiger partial charge on any atom is 0.272 e. The summed E-state index contributed by atoms with van der Waals surface area (Å²) in [4.78, 5) is 24.7. The molecule has 1 heterocycles. The molecule has 1 aromatic carbocycles. The zero-order valence-electron chi connectivity index (χ0n) is 10.7. The Morgan fingerprint density at radius 2 is 1.95 bits per heavy atom. The molecule has 6 heteroatoms. The van der Waals surface area contributed by atoms with Gasteiger partial charge in [-0.3, -0.25) is 9.59 Å². The van der Waals surface area contributed by atoms with Gasteiger partial charge in [-0.05, 0) is 32.0 Å². The molecule has 2 amide bonds. The number of hydrogen-bond donors (Lipinski definition) is 2. The van der Waals surface area contributed by atoms with Crippen molar-refractivity contribution < 1.29 is 9.59 Å². The van der Waals surface area contributed by atoms with Crippen molar-refractivity contribution in [2.75, 3.05) is 5.43 Å². The van der Waals surface area contributed by atoms with E-state index < -0.39 is 11.8 Å². The molecule has 1 aromatic heterocycles. The first-order valence-electron chi connectivity index (χ1n) is 5.71. The molecule has 0 unspecified atom stereocenters. The minimum atomic E-state index is -0.637. The molecule has 0 aliphatic heterocycles. The van der Waals surface area contributed by atoms with E-state index in [9.17, 15) is 9.59 Å². The second kappa shape index (κ2) is 4.93. The molecule has 0 atom stereocenters. The Kier molecular flexibility index (Phi) is 3.33. The van der Waals surface area contributed by atoms with Crippen LogP contribution in [0.5, 0.6) is 0 Å². The number of primary amides is 1. The smallest absolute Gasteiger partial charge is 0.272 e. The van der Waals surface area contributed by atoms with E-state index in [1.807, 2.05) is 13.8 Å². The third-order valence-corrected chi connectivity index (χ3v) is 2.62. The minimum Gasteiger partial charge on any atom is -0.366 e. The van der Waals surface area contributed by atoms with Crippen molar-refractivity contribution in [3.8, 4) is 0 Å². The van der Waals surface area contributed by atoms with E-state index in [4.69, 9.17) is 5.73 Å². The van der Waals surface area contributed by atoms with Crippen LogP contribution in [0.2, 0.25) is 0 Å². The third-order valence-electron chi connectivity index (χ3n) is 2.62. The van der Waals surface area contributed by atoms with Gasteiger partial charge in [0.15, 0.2) is 0 Å². The molecule has 2 aromatic rings. The average molecular weight is 258 g/mol. The van der Waals surface area contributed by atoms with E-state index in [2.05, 4.69) is 10.5 Å². The van der Waals surface area contributed by atoms with Gasteiger partial charge in [-0.25, -0.2) is 5.43 Å². The van der Waals surface area contributed by atoms with Crippen LogP contribution >= 0.6 is 0 Å². The number of nitrogens with one attached hydrogen (secondary N) is 1. The molecule has 0 aliphatic rings. The van der Waals surface area contributed by atoms with Crippen LogP contribution in [-0.4, -0.2) is 21.7 Å². The highest BCUT2D eigenvalue weighted by Gasteiger charge is 2.15. The lowest BCUT2D eigenvalue weighted by atomic mass is 10.0. The zero-order valence-corrected chi connectivity index (χ0v) is 10.7. The molecule has 0 fully saturated rings. The summed E-state index contributed by atoms with van der Waals surface area (Å²) in [5.74, 6) is -1.07. The molecule has 0 saturated carbocycles. The Bertz CT molecular complexity index is 646. The second-order valence-electron chi connectivity index (χ2n) is 4.26. The average Bonchev–Trinajstić information content (AvgIpc) is 2.74. The van der Waals surface area contributed by atoms with Crippen LogP contribution < -0.4 is 11.2 Å². The topological polar surface area (TPSA) is 90.0 Å². The van der Waals surface area contributed by atoms with Gasteiger partial charge in [-0.15, -0.1) is 0 Å². The molecule has 0 bridgehead atoms. The number of carbonyl (C=O) groups excluding carboxylic acids is 2. The summed E-state index contributed by atoms with van der Waals surface area (Å²) < 4.78 is 0. The van der Waals surface area contributed by atoms with E-state index in [1.54, 1.807) is 30.5 Å². The molecule has 3 N–H and O–H groups in total. The first kappa shape index (κ1) is 12.8. The molecular weight excluding hydrogens is 244 g/mol. The predicted molar refractivity (Wildman–Crippen MR) is 70.4 cm³/mol. The predicted octanol–water partition coefficient (Wildman–Crippen LogP) is 0.983. The third kappa shape index (κ3) is 2.79. The molecular formula is C13H14N4O2. The van der Waals surface area contributed by atoms with Crippen LogP contribution in [0, 0.1) is 13.8 Å². The summed E-state index contributed by atoms with van der Waals surface area (Å²) in [6, 6.07) is 6.65. The summed E-state index contributed by atoms with van der Waals surface area (Å²) in [5.41, 5.74) is 9.89. The van der Waals surface area contributed by atoms with Crippen LogP contribution in [0.1, 0.15) is 32.0 Å². The van der Waals surface area contributed by atoms with Crippen molar-refractivity contribution in [1.29, 1.82) is 0 Å². The quantitative estimate of drug-likeness (QED) is 0.860. The molecule has 0 aliphatic carbocycles. The number of benzene rings is 1. The molecule has 98 valence electrons. The second-order valence-corrected chi connectivity index (χ2v) is 4.26. The summed E-state index contributed by atoms with van der Waals surface area (Å²) in [6.07, 6.45) is 1.62. The maximum absolute atomic E-state index is 12.1. The summed E-state index contributed by atoms with van der Waals surface area (Å²) in [7, 11) is 0. The van der Waals surface area contributed by atoms with Crippen LogP contribution in [-0.2, 0) is 0 Å². The monoisotopic (exact) mass is 258 g/mol. The van der Waals surface area contributed by atoms with Gasteiger partial charge in [0.25, 0.3) is 5.91 Å². The van der Waals surface area contributed by atoms with E-state index >= 15 is 0 Å². The molecule has 0 saturated heterocycles. The Labute approximate surface area is 110 Å². The van der Waals surface area contributed by atoms with Crippen LogP contribution in [0.15, 0.2) is 30.5 Å². The molecule has 0 radical (unpaired) electrons. The van der Waals surface area contributed by atoms with Gasteiger partial charge in [-0.2, -0.15) is 9.89 Å². The fourth-order valence-corrected chi connectivity index (χ4v) is 1.70. The highest BCUT2D eigenvalue weighted by molar-refractivity contribution is 6.09. The number of amides is 2. The van der Waals surface area contributed by atoms with Gasteiger partial charge in [0.2, 0.25) is 5.91 Å². The standard InChI is InChI=1S/C13H14N4O2/c1-8-3-4-10(12(14)18)11(7-8)13(19)16-17-6-5-9(2)15-17/h3-7H,1-2H3,(H2,14,18)(H,16,19). The van der Waals surface area contributed by atoms with Crippen molar-refractivity contribution in [2.45, 2.75) is 13.8 Å². The molecule has 6 nitrogen and oxygen atoms in total. The van der Waals surface area contributed by atoms with Gasteiger partial charge in [0.05, 0.1) is 16.8 Å². The summed E-state index contributed by atoms with van der Waals surface area (Å²) in [6.45, 7) is 3.64. The molecule has 0 spiro atoms. The first-order chi connectivity index (χ1) is 8.97. The van der Waals surface area contributed by atoms with E-state index in [1.165, 1.54) is 4.79 Å². The van der Waals surface area contributed by atoms with E-state index in [-0.39, 0.29) is 11.1 Å². The Hall–Kier alpha value is -2.63. The van der Waals surface area contributed by atoms with Crippen molar-refractivity contribution in [2.24, 2.45) is 5.73 Å². The number of nitrogens with zero attached hydrogens (tertiary/aromatic N) is 2. The van der Waals surface area contributed by atoms with Crippen molar-refractivity contribution in [1.82, 2.24) is 9.89 Å². The number of aryl methyl sites for hydroxylation is 2. The lowest BCUT2D eigenvalue weighted by Crippen LogP contribution is -2.26. The molecule has 2 rings (SSSR count). The number of hydrogen-bond acceptors (Lipinski definition) is 3. The number of rotatable bonds is 3. The van der Waals surface area contributed by atoms with E-state index in [0.29, 0.717) is 0 Å². The van der Waals surface area contributed by atoms with Gasteiger partial charge < -0.3 is 5.73 Å². The van der Waals surface area contributed by atoms with Gasteiger partial charge in [-0.1, -0.05) is 11.6 Å². The molecule has 19 heavy (non-hydrogen) atoms. The number of carbonyl (C=O) groups is 2. The van der Waals surface area contributed by atoms with Crippen LogP contribution in [0.25, 0.3) is 0 Å². The highest BCUT2D eigenvalue weighted by atomic mass is 16.2. The van der Waals surface area contributed by atoms with Crippen LogP contribution in [0.3, 0.4) is 0 Å². The minimum absolute atomic E-state index is 0.187. The fourth-order valence-electron chi connectivity index (χ4n) is 1.70. The van der Waals surface area contributed by atoms with E-state index in [0.717, 1.165) is 11.3 Å². The van der Waals surface area contributed by atoms with Crippen molar-refractivity contribution >= 4 is 11.8 Å². The normalized spacial score (nSPS) is 10.2. The Morgan fingerprint density at radius 3 is 2.53 bits per heavy atom. The van der Waals surface area contributed by atoms with Crippen molar-refractivity contribution in [3.05, 3.63) is 52.8 Å².